The van der Waals surface area contributed by atoms with Crippen molar-refractivity contribution >= 4 is 5.78 Å². The monoisotopic (exact) mass is 280 g/mol. The molecule has 2 fully saturated rings. The van der Waals surface area contributed by atoms with Crippen molar-refractivity contribution in [2.75, 3.05) is 39.3 Å². The Morgan fingerprint density at radius 1 is 1.00 bits per heavy atom. The van der Waals surface area contributed by atoms with Crippen LogP contribution in [0.3, 0.4) is 0 Å². The van der Waals surface area contributed by atoms with E-state index in [1.807, 2.05) is 6.92 Å². The molecule has 0 bridgehead atoms. The smallest absolute Gasteiger partial charge is 0.146 e. The molecule has 0 amide bonds. The Hall–Kier alpha value is -0.410. The average Bonchev–Trinajstić information content (AvgIpc) is 2.48. The second-order valence-corrected chi connectivity index (χ2v) is 6.92. The minimum atomic E-state index is 0.394. The summed E-state index contributed by atoms with van der Waals surface area (Å²) in [4.78, 5) is 16.5. The molecule has 2 aliphatic heterocycles. The van der Waals surface area contributed by atoms with Crippen LogP contribution < -0.4 is 0 Å². The Kier molecular flexibility index (Phi) is 6.50. The van der Waals surface area contributed by atoms with Crippen LogP contribution in [-0.2, 0) is 4.79 Å². The van der Waals surface area contributed by atoms with Crippen molar-refractivity contribution in [3.05, 3.63) is 0 Å². The maximum absolute atomic E-state index is 11.5. The van der Waals surface area contributed by atoms with Crippen molar-refractivity contribution in [1.29, 1.82) is 0 Å². The molecule has 0 radical (unpaired) electrons. The van der Waals surface area contributed by atoms with Crippen molar-refractivity contribution < 1.29 is 4.79 Å². The van der Waals surface area contributed by atoms with Crippen LogP contribution in [0.1, 0.15) is 52.4 Å². The Morgan fingerprint density at radius 2 is 1.60 bits per heavy atom. The molecule has 116 valence electrons. The highest BCUT2D eigenvalue weighted by atomic mass is 16.1. The van der Waals surface area contributed by atoms with Crippen molar-refractivity contribution in [2.24, 2.45) is 11.8 Å². The molecule has 0 atom stereocenters. The van der Waals surface area contributed by atoms with Crippen LogP contribution in [-0.4, -0.2) is 54.9 Å². The third kappa shape index (κ3) is 5.17. The maximum Gasteiger partial charge on any atom is 0.146 e. The van der Waals surface area contributed by atoms with Gasteiger partial charge >= 0.3 is 0 Å². The van der Waals surface area contributed by atoms with Crippen LogP contribution >= 0.6 is 0 Å². The van der Waals surface area contributed by atoms with Gasteiger partial charge in [-0.25, -0.2) is 0 Å². The first kappa shape index (κ1) is 16.0. The summed E-state index contributed by atoms with van der Waals surface area (Å²) in [5.41, 5.74) is 0. The van der Waals surface area contributed by atoms with Gasteiger partial charge in [-0.05, 0) is 76.7 Å². The summed E-state index contributed by atoms with van der Waals surface area (Å²) < 4.78 is 0. The van der Waals surface area contributed by atoms with Crippen LogP contribution in [0, 0.1) is 11.8 Å². The molecule has 2 heterocycles. The summed E-state index contributed by atoms with van der Waals surface area (Å²) in [7, 11) is 0. The SMILES string of the molecule is CCC(=O)CN1CCC(CCN2CCC(C)CC2)CC1. The number of rotatable bonds is 6. The van der Waals surface area contributed by atoms with Gasteiger partial charge in [-0.1, -0.05) is 13.8 Å². The Balaban J connectivity index is 1.59. The highest BCUT2D eigenvalue weighted by Crippen LogP contribution is 2.22. The van der Waals surface area contributed by atoms with E-state index in [0.29, 0.717) is 18.7 Å². The van der Waals surface area contributed by atoms with Gasteiger partial charge in [0.1, 0.15) is 5.78 Å². The Morgan fingerprint density at radius 3 is 2.20 bits per heavy atom. The minimum absolute atomic E-state index is 0.394. The number of Topliss-reactive ketones (excluding diaryl/α,β-unsaturated/α-hetero) is 1. The average molecular weight is 280 g/mol. The molecule has 0 aromatic rings. The Labute approximate surface area is 124 Å². The molecule has 3 nitrogen and oxygen atoms in total. The summed E-state index contributed by atoms with van der Waals surface area (Å²) >= 11 is 0. The molecule has 2 saturated heterocycles. The van der Waals surface area contributed by atoms with Gasteiger partial charge in [0, 0.05) is 6.42 Å². The summed E-state index contributed by atoms with van der Waals surface area (Å²) in [5.74, 6) is 2.22. The fraction of sp³-hybridized carbons (Fsp3) is 0.941. The van der Waals surface area contributed by atoms with E-state index in [4.69, 9.17) is 0 Å². The number of hydrogen-bond acceptors (Lipinski definition) is 3. The number of carbonyl (C=O) groups is 1. The van der Waals surface area contributed by atoms with E-state index in [0.717, 1.165) is 24.9 Å². The van der Waals surface area contributed by atoms with Gasteiger partial charge in [0.15, 0.2) is 0 Å². The lowest BCUT2D eigenvalue weighted by molar-refractivity contribution is -0.120. The van der Waals surface area contributed by atoms with E-state index in [9.17, 15) is 4.79 Å². The lowest BCUT2D eigenvalue weighted by Crippen LogP contribution is -2.39. The molecule has 2 aliphatic rings. The highest BCUT2D eigenvalue weighted by molar-refractivity contribution is 5.80. The van der Waals surface area contributed by atoms with Gasteiger partial charge in [0.05, 0.1) is 6.54 Å². The quantitative estimate of drug-likeness (QED) is 0.747. The standard InChI is InChI=1S/C17H32N2O/c1-3-17(20)14-19-12-7-16(8-13-19)6-11-18-9-4-15(2)5-10-18/h15-16H,3-14H2,1-2H3. The summed E-state index contributed by atoms with van der Waals surface area (Å²) in [5, 5.41) is 0. The molecule has 0 saturated carbocycles. The van der Waals surface area contributed by atoms with E-state index in [1.54, 1.807) is 0 Å². The molecule has 3 heteroatoms. The number of ketones is 1. The van der Waals surface area contributed by atoms with Crippen molar-refractivity contribution in [3.8, 4) is 0 Å². The molecule has 0 unspecified atom stereocenters. The van der Waals surface area contributed by atoms with Gasteiger partial charge in [-0.15, -0.1) is 0 Å². The topological polar surface area (TPSA) is 23.6 Å². The number of likely N-dealkylation sites (tertiary alicyclic amines) is 2. The third-order valence-corrected chi connectivity index (χ3v) is 5.23. The first-order valence-electron chi connectivity index (χ1n) is 8.63. The highest BCUT2D eigenvalue weighted by Gasteiger charge is 2.22. The molecule has 0 aromatic carbocycles. The van der Waals surface area contributed by atoms with Crippen LogP contribution in [0.4, 0.5) is 0 Å². The zero-order chi connectivity index (χ0) is 14.4. The number of carbonyl (C=O) groups excluding carboxylic acids is 1. The summed E-state index contributed by atoms with van der Waals surface area (Å²) in [6, 6.07) is 0. The number of hydrogen-bond donors (Lipinski definition) is 0. The molecule has 20 heavy (non-hydrogen) atoms. The van der Waals surface area contributed by atoms with Crippen LogP contribution in [0.2, 0.25) is 0 Å². The molecule has 0 N–H and O–H groups in total. The largest absolute Gasteiger partial charge is 0.303 e. The van der Waals surface area contributed by atoms with Gasteiger partial charge in [0.25, 0.3) is 0 Å². The van der Waals surface area contributed by atoms with E-state index < -0.39 is 0 Å². The Bertz CT molecular complexity index is 289. The van der Waals surface area contributed by atoms with Crippen molar-refractivity contribution in [3.63, 3.8) is 0 Å². The molecular weight excluding hydrogens is 248 g/mol. The number of piperidine rings is 2. The molecule has 0 spiro atoms. The summed E-state index contributed by atoms with van der Waals surface area (Å²) in [6.07, 6.45) is 7.41. The van der Waals surface area contributed by atoms with E-state index in [-0.39, 0.29) is 0 Å². The normalized spacial score (nSPS) is 24.1. The van der Waals surface area contributed by atoms with Gasteiger partial charge in [0.2, 0.25) is 0 Å². The molecule has 0 aliphatic carbocycles. The predicted octanol–water partition coefficient (Wildman–Crippen LogP) is 2.80. The molecule has 2 rings (SSSR count). The van der Waals surface area contributed by atoms with Gasteiger partial charge < -0.3 is 4.90 Å². The fourth-order valence-corrected chi connectivity index (χ4v) is 3.45. The second kappa shape index (κ2) is 8.14. The zero-order valence-corrected chi connectivity index (χ0v) is 13.4. The first-order valence-corrected chi connectivity index (χ1v) is 8.63. The maximum atomic E-state index is 11.5. The van der Waals surface area contributed by atoms with Crippen LogP contribution in [0.15, 0.2) is 0 Å². The van der Waals surface area contributed by atoms with Gasteiger partial charge in [-0.2, -0.15) is 0 Å². The van der Waals surface area contributed by atoms with Crippen molar-refractivity contribution in [2.45, 2.75) is 52.4 Å². The lowest BCUT2D eigenvalue weighted by Gasteiger charge is -2.34. The number of nitrogens with zero attached hydrogens (tertiary/aromatic N) is 2. The zero-order valence-electron chi connectivity index (χ0n) is 13.4. The summed E-state index contributed by atoms with van der Waals surface area (Å²) in [6.45, 7) is 11.2. The van der Waals surface area contributed by atoms with E-state index >= 15 is 0 Å². The second-order valence-electron chi connectivity index (χ2n) is 6.92. The van der Waals surface area contributed by atoms with E-state index in [1.165, 1.54) is 51.7 Å². The first-order chi connectivity index (χ1) is 9.67. The van der Waals surface area contributed by atoms with Crippen LogP contribution in [0.25, 0.3) is 0 Å². The van der Waals surface area contributed by atoms with Gasteiger partial charge in [-0.3, -0.25) is 9.69 Å². The third-order valence-electron chi connectivity index (χ3n) is 5.23. The lowest BCUT2D eigenvalue weighted by atomic mass is 9.92. The molecular formula is C17H32N2O. The predicted molar refractivity (Wildman–Crippen MR) is 83.9 cm³/mol. The fourth-order valence-electron chi connectivity index (χ4n) is 3.45. The van der Waals surface area contributed by atoms with Crippen LogP contribution in [0.5, 0.6) is 0 Å². The van der Waals surface area contributed by atoms with Crippen molar-refractivity contribution in [1.82, 2.24) is 9.80 Å². The minimum Gasteiger partial charge on any atom is -0.303 e. The molecule has 0 aromatic heterocycles. The van der Waals surface area contributed by atoms with E-state index in [2.05, 4.69) is 16.7 Å².